The minimum atomic E-state index is -3.93. The summed E-state index contributed by atoms with van der Waals surface area (Å²) >= 11 is 6.57. The van der Waals surface area contributed by atoms with Gasteiger partial charge in [0.15, 0.2) is 5.82 Å². The molecule has 0 bridgehead atoms. The zero-order chi connectivity index (χ0) is 42.5. The maximum Gasteiger partial charge on any atom is 0.282 e. The molecule has 7 aromatic rings. The number of aromatic nitrogens is 6. The van der Waals surface area contributed by atoms with E-state index in [0.29, 0.717) is 16.8 Å². The number of nitrogens with one attached hydrogen (secondary N) is 2. The third kappa shape index (κ3) is 8.35. The molecule has 0 saturated heterocycles. The van der Waals surface area contributed by atoms with Gasteiger partial charge in [0.05, 0.1) is 44.8 Å². The summed E-state index contributed by atoms with van der Waals surface area (Å²) in [7, 11) is -2.51. The highest BCUT2D eigenvalue weighted by atomic mass is 35.5. The average Bonchev–Trinajstić information content (AvgIpc) is 3.72. The van der Waals surface area contributed by atoms with Crippen LogP contribution in [0.5, 0.6) is 0 Å². The fourth-order valence-electron chi connectivity index (χ4n) is 6.73. The van der Waals surface area contributed by atoms with E-state index in [0.717, 1.165) is 23.0 Å². The molecule has 0 radical (unpaired) electrons. The molecule has 0 fully saturated rings. The maximum atomic E-state index is 15.0. The van der Waals surface area contributed by atoms with E-state index in [9.17, 15) is 48.7 Å². The van der Waals surface area contributed by atoms with Crippen LogP contribution in [0.1, 0.15) is 41.7 Å². The number of halogens is 8. The quantitative estimate of drug-likeness (QED) is 0.121. The molecule has 1 amide bonds. The van der Waals surface area contributed by atoms with Gasteiger partial charge in [-0.25, -0.2) is 44.1 Å². The second-order valence-corrected chi connectivity index (χ2v) is 15.5. The molecule has 0 spiro atoms. The first-order chi connectivity index (χ1) is 27.9. The predicted molar refractivity (Wildman–Crippen MR) is 204 cm³/mol. The highest BCUT2D eigenvalue weighted by Gasteiger charge is 2.29. The van der Waals surface area contributed by atoms with E-state index in [1.165, 1.54) is 60.3 Å². The topological polar surface area (TPSA) is 146 Å². The Morgan fingerprint density at radius 1 is 0.898 bits per heavy atom. The zero-order valence-corrected chi connectivity index (χ0v) is 32.0. The van der Waals surface area contributed by atoms with E-state index in [-0.39, 0.29) is 60.8 Å². The summed E-state index contributed by atoms with van der Waals surface area (Å²) in [5.41, 5.74) is -2.52. The van der Waals surface area contributed by atoms with Crippen molar-refractivity contribution < 1.29 is 43.9 Å². The second-order valence-electron chi connectivity index (χ2n) is 13.3. The third-order valence-corrected chi connectivity index (χ3v) is 9.98. The van der Waals surface area contributed by atoms with Crippen LogP contribution in [0.25, 0.3) is 38.6 Å². The lowest BCUT2D eigenvalue weighted by Crippen LogP contribution is -2.37. The monoisotopic (exact) mass is 860 g/mol. The molecule has 12 nitrogen and oxygen atoms in total. The lowest BCUT2D eigenvalue weighted by Gasteiger charge is -2.24. The number of rotatable bonds is 12. The number of amides is 1. The molecule has 3 aromatic heterocycles. The number of fused-ring (bicyclic) bond motifs is 2. The lowest BCUT2D eigenvalue weighted by atomic mass is 10.0. The molecule has 2 N–H and O–H groups in total. The number of alkyl halides is 4. The van der Waals surface area contributed by atoms with Crippen LogP contribution in [0.2, 0.25) is 5.02 Å². The van der Waals surface area contributed by atoms with E-state index in [1.54, 1.807) is 6.07 Å². The molecule has 4 aromatic carbocycles. The van der Waals surface area contributed by atoms with Gasteiger partial charge < -0.3 is 5.32 Å². The van der Waals surface area contributed by atoms with Gasteiger partial charge in [-0.1, -0.05) is 35.9 Å². The molecular formula is C38H28ClF7N8O4S. The Bertz CT molecular complexity index is 2950. The fraction of sp³-hybridized carbons (Fsp3) is 0.184. The standard InChI is InChI=1S/C38H28ClF7N8O4S/c1-52-33-29(10-9-24(39)32(33)36(50-52)51-59(2,57)58)54-37(48-26-14-19(7-8-23(26)38(54)56)22-5-3-4-6-25(22)42)28(13-18-11-20(40)15-21(41)12-18)47-31(55)17-53-30(35(45)46)16-27(49-53)34(43)44/h3-12,14-16,28,34-35H,13,17H2,1-2H3,(H,47,55)(H,50,51)/t28-/m0/s1. The van der Waals surface area contributed by atoms with Crippen LogP contribution >= 0.6 is 11.6 Å². The van der Waals surface area contributed by atoms with Gasteiger partial charge in [-0.15, -0.1) is 0 Å². The molecule has 0 unspecified atom stereocenters. The van der Waals surface area contributed by atoms with Gasteiger partial charge in [0.1, 0.15) is 41.2 Å². The Morgan fingerprint density at radius 3 is 2.27 bits per heavy atom. The van der Waals surface area contributed by atoms with Crippen molar-refractivity contribution in [2.45, 2.75) is 31.9 Å². The molecular weight excluding hydrogens is 833 g/mol. The Kier molecular flexibility index (Phi) is 11.0. The highest BCUT2D eigenvalue weighted by molar-refractivity contribution is 7.92. The number of sulfonamides is 1. The van der Waals surface area contributed by atoms with E-state index >= 15 is 0 Å². The van der Waals surface area contributed by atoms with Crippen LogP contribution in [-0.2, 0) is 34.8 Å². The molecule has 306 valence electrons. The summed E-state index contributed by atoms with van der Waals surface area (Å²) in [6.07, 6.45) is -6.22. The first-order valence-electron chi connectivity index (χ1n) is 17.2. The Balaban J connectivity index is 1.49. The van der Waals surface area contributed by atoms with Crippen molar-refractivity contribution >= 4 is 55.2 Å². The molecule has 0 aliphatic rings. The summed E-state index contributed by atoms with van der Waals surface area (Å²) in [4.78, 5) is 33.4. The number of aryl methyl sites for hydroxylation is 1. The van der Waals surface area contributed by atoms with Crippen molar-refractivity contribution in [2.75, 3.05) is 11.0 Å². The highest BCUT2D eigenvalue weighted by Crippen LogP contribution is 2.36. The minimum absolute atomic E-state index is 0.00168. The molecule has 21 heteroatoms. The number of benzene rings is 4. The van der Waals surface area contributed by atoms with Gasteiger partial charge in [-0.05, 0) is 59.7 Å². The summed E-state index contributed by atoms with van der Waals surface area (Å²) in [5.74, 6) is -4.31. The molecule has 0 aliphatic carbocycles. The smallest absolute Gasteiger partial charge is 0.282 e. The molecule has 0 saturated carbocycles. The number of anilines is 1. The number of carbonyl (C=O) groups is 1. The zero-order valence-electron chi connectivity index (χ0n) is 30.4. The molecule has 3 heterocycles. The van der Waals surface area contributed by atoms with E-state index in [2.05, 4.69) is 20.2 Å². The molecule has 7 rings (SSSR count). The summed E-state index contributed by atoms with van der Waals surface area (Å²) in [6.45, 7) is -1.05. The van der Waals surface area contributed by atoms with E-state index < -0.39 is 82.2 Å². The normalized spacial score (nSPS) is 12.5. The minimum Gasteiger partial charge on any atom is -0.344 e. The van der Waals surface area contributed by atoms with Crippen molar-refractivity contribution in [3.8, 4) is 16.8 Å². The van der Waals surface area contributed by atoms with E-state index in [1.807, 2.05) is 0 Å². The van der Waals surface area contributed by atoms with Gasteiger partial charge in [0, 0.05) is 25.1 Å². The van der Waals surface area contributed by atoms with Crippen molar-refractivity contribution in [1.29, 1.82) is 0 Å². The van der Waals surface area contributed by atoms with Gasteiger partial charge in [0.2, 0.25) is 15.9 Å². The largest absolute Gasteiger partial charge is 0.344 e. The number of hydrogen-bond acceptors (Lipinski definition) is 7. The summed E-state index contributed by atoms with van der Waals surface area (Å²) < 4.78 is 128. The average molecular weight is 861 g/mol. The Morgan fingerprint density at radius 2 is 1.61 bits per heavy atom. The van der Waals surface area contributed by atoms with Crippen molar-refractivity contribution in [1.82, 2.24) is 34.4 Å². The molecule has 0 aliphatic heterocycles. The maximum absolute atomic E-state index is 15.0. The first kappa shape index (κ1) is 40.9. The lowest BCUT2D eigenvalue weighted by molar-refractivity contribution is -0.122. The Hall–Kier alpha value is -6.28. The first-order valence-corrected chi connectivity index (χ1v) is 19.5. The third-order valence-electron chi connectivity index (χ3n) is 9.10. The summed E-state index contributed by atoms with van der Waals surface area (Å²) in [6, 6.07) is 14.0. The number of nitrogens with zero attached hydrogens (tertiary/aromatic N) is 6. The second kappa shape index (κ2) is 15.8. The van der Waals surface area contributed by atoms with Crippen LogP contribution in [0.3, 0.4) is 0 Å². The van der Waals surface area contributed by atoms with Crippen LogP contribution in [0.15, 0.2) is 83.7 Å². The molecule has 59 heavy (non-hydrogen) atoms. The van der Waals surface area contributed by atoms with Crippen LogP contribution in [0.4, 0.5) is 36.6 Å². The van der Waals surface area contributed by atoms with E-state index in [4.69, 9.17) is 16.6 Å². The van der Waals surface area contributed by atoms with Crippen molar-refractivity contribution in [3.05, 3.63) is 134 Å². The predicted octanol–water partition coefficient (Wildman–Crippen LogP) is 7.55. The number of carbonyl (C=O) groups excluding carboxylic acids is 1. The van der Waals surface area contributed by atoms with Crippen LogP contribution in [-0.4, -0.2) is 49.7 Å². The van der Waals surface area contributed by atoms with Crippen LogP contribution in [0, 0.1) is 17.5 Å². The fourth-order valence-corrected chi connectivity index (χ4v) is 7.46. The number of hydrogen-bond donors (Lipinski definition) is 2. The van der Waals surface area contributed by atoms with Gasteiger partial charge in [0.25, 0.3) is 18.4 Å². The van der Waals surface area contributed by atoms with Gasteiger partial charge >= 0.3 is 0 Å². The van der Waals surface area contributed by atoms with Crippen molar-refractivity contribution in [3.63, 3.8) is 0 Å². The Labute approximate surface area is 333 Å². The van der Waals surface area contributed by atoms with Crippen molar-refractivity contribution in [2.24, 2.45) is 7.05 Å². The van der Waals surface area contributed by atoms with Crippen LogP contribution < -0.4 is 15.6 Å². The summed E-state index contributed by atoms with van der Waals surface area (Å²) in [5, 5.41) is 10.2. The van der Waals surface area contributed by atoms with Gasteiger partial charge in [-0.3, -0.25) is 28.2 Å². The SMILES string of the molecule is Cn1nc(NS(C)(=O)=O)c2c(Cl)ccc(-n3c([C@H](Cc4cc(F)cc(F)c4)NC(=O)Cn4nc(C(F)F)cc4C(F)F)nc4cc(-c5ccccc5F)ccc4c3=O)c21. The molecule has 1 atom stereocenters. The van der Waals surface area contributed by atoms with Gasteiger partial charge in [-0.2, -0.15) is 10.2 Å².